The molecule has 12 rings (SSSR count). The first kappa shape index (κ1) is 104. The van der Waals surface area contributed by atoms with Gasteiger partial charge in [0.1, 0.15) is 73.4 Å². The van der Waals surface area contributed by atoms with Crippen LogP contribution in [0.2, 0.25) is 0 Å². The Bertz CT molecular complexity index is 5640. The number of allylic oxidation sites excluding steroid dienone is 4. The summed E-state index contributed by atoms with van der Waals surface area (Å²) >= 11 is 0. The number of aliphatic hydroxyl groups excluding tert-OH is 2. The van der Waals surface area contributed by atoms with Gasteiger partial charge >= 0.3 is 30.9 Å². The van der Waals surface area contributed by atoms with Crippen LogP contribution in [0.3, 0.4) is 0 Å². The topological polar surface area (TPSA) is 462 Å². The molecule has 0 radical (unpaired) electrons. The molecule has 52 heteroatoms. The van der Waals surface area contributed by atoms with E-state index >= 15 is 0 Å². The van der Waals surface area contributed by atoms with Crippen molar-refractivity contribution in [2.75, 3.05) is 65.7 Å². The number of nitrogens with zero attached hydrogens (tertiary/aromatic N) is 11. The minimum absolute atomic E-state index is 0. The number of nitrogens with one attached hydrogen (secondary N) is 12. The second kappa shape index (κ2) is 45.1. The monoisotopic (exact) mass is 1920 g/mol. The van der Waals surface area contributed by atoms with E-state index in [-0.39, 0.29) is 83.2 Å². The van der Waals surface area contributed by atoms with Crippen molar-refractivity contribution in [1.82, 2.24) is 91.7 Å². The average Bonchev–Trinajstić information content (AvgIpc) is 1.62. The molecule has 5 atom stereocenters. The van der Waals surface area contributed by atoms with E-state index in [2.05, 4.69) is 91.7 Å². The second-order valence-corrected chi connectivity index (χ2v) is 30.7. The van der Waals surface area contributed by atoms with Crippen LogP contribution in [0, 0.1) is 29.3 Å². The summed E-state index contributed by atoms with van der Waals surface area (Å²) in [6, 6.07) is 10.9. The fourth-order valence-electron chi connectivity index (χ4n) is 11.7. The fraction of sp³-hybridized carbons (Fsp3) is 0.395. The van der Waals surface area contributed by atoms with Gasteiger partial charge < -0.3 is 87.7 Å². The zero-order valence-electron chi connectivity index (χ0n) is 71.1. The van der Waals surface area contributed by atoms with E-state index in [0.717, 1.165) is 18.6 Å². The third-order valence-corrected chi connectivity index (χ3v) is 18.4. The average molecular weight is 1920 g/mol. The first-order valence-corrected chi connectivity index (χ1v) is 39.6. The first-order chi connectivity index (χ1) is 62.1. The van der Waals surface area contributed by atoms with Gasteiger partial charge in [0.25, 0.3) is 0 Å². The summed E-state index contributed by atoms with van der Waals surface area (Å²) in [5.41, 5.74) is -0.888. The number of amides is 4. The molecule has 14 N–H and O–H groups in total. The minimum atomic E-state index is -4.56. The number of Topliss-reactive ketones (excluding diaryl/α,β-unsaturated/α-hetero) is 1. The van der Waals surface area contributed by atoms with Gasteiger partial charge in [0.15, 0.2) is 81.3 Å². The fourth-order valence-corrected chi connectivity index (χ4v) is 11.7. The standard InChI is InChI=1S/C18H16F4N4O3.C17H19F3N4O2.C16H19F4N5O2.C15H17F4N5O2.C15H16F3N5O2.9H2/c19-11-7-23-15(10-3-4-13-14(6-10)29-9-28-13)25-16(11)26-5-1-2-12(26)17(27)24-8-18(20,21)22;1-10(2)15(12(25)5-7-17(18,19)20)23-13-6-8-21-16(24-13)11-3-4-14(26)22-9-11;1-8(2)12(15(27)23-7-16(18,19)20)24-14-10(17)6-22-13(25-14)9-3-4-11(26)21-5-9;1-14(2,13(26)22-7-15(17,18)19)24-12-9(16)6-21-11(23-12)8-3-4-10(25)20-5-8;1-14(2,13(25)21-8-15(16,17)18)23-10-5-6-19-12(22-10)9-3-4-11(24)20-7-9;;;;;;;;;/h3-4,6-7,12H,1-2,5,8-9H2,(H,24,27);3-4,6,8-10,15H,5,7H2,1-2H3,(H,22,26)(H,21,23,24);3-6,8,11-12,21,26H,7H2,1-2H3,(H,23,27)(H,22,24,25);3-6,10,20,25H,7H2,1-2H3,(H,22,26)(H,21,23,24);3-7H,8H2,1-2H3,(H,20,24)(H,21,25)(H,19,22,23);9*1H/t12-;15-;11?,12-;;;;;;;;;;;/m111.........../s1. The number of ether oxygens (including phenoxy) is 2. The van der Waals surface area contributed by atoms with Gasteiger partial charge in [-0.05, 0) is 119 Å². The smallest absolute Gasteiger partial charge is 0.405 e. The number of anilines is 5. The van der Waals surface area contributed by atoms with Gasteiger partial charge in [0.05, 0.1) is 31.1 Å². The van der Waals surface area contributed by atoms with Crippen LogP contribution in [-0.4, -0.2) is 211 Å². The number of pyridine rings is 2. The lowest BCUT2D eigenvalue weighted by Gasteiger charge is -2.26. The van der Waals surface area contributed by atoms with Crippen molar-refractivity contribution in [3.63, 3.8) is 0 Å². The second-order valence-electron chi connectivity index (χ2n) is 30.7. The maximum Gasteiger partial charge on any atom is 0.405 e. The van der Waals surface area contributed by atoms with E-state index in [9.17, 15) is 123 Å². The molecule has 0 bridgehead atoms. The quantitative estimate of drug-likeness (QED) is 0.0213. The number of hydrogen-bond donors (Lipinski definition) is 14. The number of ketones is 1. The molecule has 0 saturated carbocycles. The lowest BCUT2D eigenvalue weighted by molar-refractivity contribution is -0.143. The van der Waals surface area contributed by atoms with Gasteiger partial charge in [-0.2, -0.15) is 65.9 Å². The number of dihydropyridines is 2. The number of aliphatic hydroxyl groups is 2. The van der Waals surface area contributed by atoms with Gasteiger partial charge in [0.2, 0.25) is 41.5 Å². The molecule has 2 unspecified atom stereocenters. The Morgan fingerprint density at radius 3 is 1.47 bits per heavy atom. The molecule has 1 aromatic carbocycles. The lowest BCUT2D eigenvalue weighted by Crippen LogP contribution is -2.50. The van der Waals surface area contributed by atoms with E-state index in [4.69, 9.17) is 9.47 Å². The Hall–Kier alpha value is -14.1. The summed E-state index contributed by atoms with van der Waals surface area (Å²) in [6.45, 7) is 6.67. The number of hydrogen-bond acceptors (Lipinski definition) is 28. The summed E-state index contributed by atoms with van der Waals surface area (Å²) in [4.78, 5) is 129. The highest BCUT2D eigenvalue weighted by Gasteiger charge is 2.40. The van der Waals surface area contributed by atoms with E-state index in [0.29, 0.717) is 70.4 Å². The number of aromatic nitrogens is 12. The van der Waals surface area contributed by atoms with Gasteiger partial charge in [-0.3, -0.25) is 33.6 Å². The first-order valence-electron chi connectivity index (χ1n) is 39.6. The molecule has 34 nitrogen and oxygen atoms in total. The Morgan fingerprint density at radius 2 is 0.970 bits per heavy atom. The highest BCUT2D eigenvalue weighted by molar-refractivity contribution is 5.90. The number of H-pyrrole nitrogens is 2. The molecule has 11 heterocycles. The Morgan fingerprint density at radius 1 is 0.511 bits per heavy atom. The molecular formula is C81H105F18N23O11. The highest BCUT2D eigenvalue weighted by Crippen LogP contribution is 2.37. The molecule has 7 aromatic heterocycles. The third kappa shape index (κ3) is 33.3. The number of rotatable bonds is 27. The van der Waals surface area contributed by atoms with Crippen molar-refractivity contribution >= 4 is 69.6 Å². The molecule has 736 valence electrons. The van der Waals surface area contributed by atoms with Crippen LogP contribution in [-0.2, 0) is 24.0 Å². The van der Waals surface area contributed by atoms with Crippen molar-refractivity contribution < 1.29 is 136 Å². The molecule has 4 aliphatic heterocycles. The zero-order chi connectivity index (χ0) is 98.3. The molecule has 1 fully saturated rings. The van der Waals surface area contributed by atoms with Crippen LogP contribution < -0.4 is 78.7 Å². The van der Waals surface area contributed by atoms with E-state index < -0.39 is 164 Å². The SMILES string of the molecule is CC(C)(Nc1ccnc(-c2ccc(=O)[nH]c2)n1)C(=O)NCC(F)(F)F.CC(C)(Nc1nc(C2=CNC(O)C=C2)ncc1F)C(=O)NCC(F)(F)F.CC(C)[C@@H](Nc1ccnc(-c2ccc(=O)[nH]c2)n1)C(=O)CCC(F)(F)F.CC(C)[C@@H](Nc1nc(C2=CNC(O)C=C2)ncc1F)C(=O)NCC(F)(F)F.O=C(NCC(F)(F)F)[C@H]1CCCN1c1nc(-c2ccc3c(c2)OCO3)ncc1F.[HH].[HH].[HH].[HH].[HH].[HH].[HH].[HH].[HH]. The maximum atomic E-state index is 14.4. The Labute approximate surface area is 756 Å². The predicted molar refractivity (Wildman–Crippen MR) is 462 cm³/mol. The number of benzene rings is 1. The van der Waals surface area contributed by atoms with Gasteiger partial charge in [0, 0.05) is 103 Å². The van der Waals surface area contributed by atoms with Gasteiger partial charge in [-0.1, -0.05) is 27.7 Å². The molecule has 133 heavy (non-hydrogen) atoms. The molecular weight excluding hydrogens is 1810 g/mol. The number of fused-ring (bicyclic) bond motifs is 1. The van der Waals surface area contributed by atoms with Crippen LogP contribution in [0.25, 0.3) is 45.3 Å². The number of aromatic amines is 2. The third-order valence-electron chi connectivity index (χ3n) is 18.4. The molecule has 0 spiro atoms. The summed E-state index contributed by atoms with van der Waals surface area (Å²) in [5, 5.41) is 41.8. The van der Waals surface area contributed by atoms with Crippen molar-refractivity contribution in [2.24, 2.45) is 11.8 Å². The Kier molecular flexibility index (Phi) is 35.4. The van der Waals surface area contributed by atoms with Gasteiger partial charge in [-0.25, -0.2) is 63.0 Å². The van der Waals surface area contributed by atoms with Crippen molar-refractivity contribution in [1.29, 1.82) is 0 Å². The zero-order valence-corrected chi connectivity index (χ0v) is 71.1. The Balaban J connectivity index is 0. The number of carbonyl (C=O) groups is 5. The largest absolute Gasteiger partial charge is 0.454 e. The molecule has 8 aromatic rings. The van der Waals surface area contributed by atoms with Crippen LogP contribution in [0.1, 0.15) is 106 Å². The predicted octanol–water partition coefficient (Wildman–Crippen LogP) is 12.6. The highest BCUT2D eigenvalue weighted by atomic mass is 19.4. The number of halogens is 18. The number of alkyl halides is 15. The summed E-state index contributed by atoms with van der Waals surface area (Å²) < 4.78 is 238. The van der Waals surface area contributed by atoms with E-state index in [1.54, 1.807) is 62.6 Å². The van der Waals surface area contributed by atoms with Crippen LogP contribution in [0.15, 0.2) is 144 Å². The van der Waals surface area contributed by atoms with Crippen LogP contribution in [0.5, 0.6) is 11.5 Å². The normalized spacial score (nSPS) is 15.7. The summed E-state index contributed by atoms with van der Waals surface area (Å²) in [6.07, 6.45) is -7.90. The van der Waals surface area contributed by atoms with Crippen molar-refractivity contribution in [3.8, 4) is 45.7 Å². The summed E-state index contributed by atoms with van der Waals surface area (Å²) in [5.74, 6) is -5.38. The summed E-state index contributed by atoms with van der Waals surface area (Å²) in [7, 11) is 0. The van der Waals surface area contributed by atoms with E-state index in [1.165, 1.54) is 124 Å². The number of carbonyl (C=O) groups excluding carboxylic acids is 5. The molecule has 0 aliphatic carbocycles. The molecule has 1 saturated heterocycles. The van der Waals surface area contributed by atoms with Crippen LogP contribution >= 0.6 is 0 Å². The minimum Gasteiger partial charge on any atom is -0.454 e. The van der Waals surface area contributed by atoms with Crippen molar-refractivity contribution in [2.45, 2.75) is 154 Å². The van der Waals surface area contributed by atoms with E-state index in [1.807, 2.05) is 10.6 Å². The lowest BCUT2D eigenvalue weighted by atomic mass is 9.97. The molecule has 4 amide bonds. The van der Waals surface area contributed by atoms with Crippen molar-refractivity contribution in [3.05, 3.63) is 184 Å². The maximum absolute atomic E-state index is 14.4. The van der Waals surface area contributed by atoms with Crippen LogP contribution in [0.4, 0.5) is 108 Å². The van der Waals surface area contributed by atoms with Gasteiger partial charge in [-0.15, -0.1) is 0 Å². The molecule has 4 aliphatic rings.